The van der Waals surface area contributed by atoms with Crippen LogP contribution in [-0.4, -0.2) is 21.1 Å². The first-order valence-electron chi connectivity index (χ1n) is 7.63. The van der Waals surface area contributed by atoms with Gasteiger partial charge in [-0.15, -0.1) is 0 Å². The summed E-state index contributed by atoms with van der Waals surface area (Å²) in [6.07, 6.45) is -0.772. The molecule has 0 bridgehead atoms. The van der Waals surface area contributed by atoms with Crippen LogP contribution in [0.15, 0.2) is 49.0 Å². The Hall–Kier alpha value is -3.48. The minimum Gasteiger partial charge on any atom is -0.402 e. The van der Waals surface area contributed by atoms with Crippen LogP contribution in [0.2, 0.25) is 0 Å². The Morgan fingerprint density at radius 1 is 1.43 bits per heavy atom. The highest BCUT2D eigenvalue weighted by Crippen LogP contribution is 2.25. The van der Waals surface area contributed by atoms with Crippen molar-refractivity contribution in [3.63, 3.8) is 0 Å². The molecule has 0 fully saturated rings. The van der Waals surface area contributed by atoms with Crippen molar-refractivity contribution in [2.75, 3.05) is 11.1 Å². The average molecular weight is 455 g/mol. The maximum atomic E-state index is 13.4. The van der Waals surface area contributed by atoms with Crippen LogP contribution in [-0.2, 0) is 4.84 Å². The lowest BCUT2D eigenvalue weighted by Crippen LogP contribution is -2.17. The zero-order valence-corrected chi connectivity index (χ0v) is 15.7. The van der Waals surface area contributed by atoms with Crippen molar-refractivity contribution >= 4 is 39.2 Å². The Labute approximate surface area is 164 Å². The monoisotopic (exact) mass is 454 g/mol. The van der Waals surface area contributed by atoms with Gasteiger partial charge in [0.15, 0.2) is 23.4 Å². The summed E-state index contributed by atoms with van der Waals surface area (Å²) in [5.74, 6) is -0.724. The molecule has 2 aromatic heterocycles. The molecule has 0 amide bonds. The molecule has 2 heterocycles. The van der Waals surface area contributed by atoms with E-state index in [1.165, 1.54) is 30.3 Å². The molecule has 0 spiro atoms. The van der Waals surface area contributed by atoms with Crippen LogP contribution in [0.3, 0.4) is 0 Å². The predicted octanol–water partition coefficient (Wildman–Crippen LogP) is 3.61. The number of benzene rings is 1. The Bertz CT molecular complexity index is 1040. The number of oxime groups is 1. The number of halogens is 2. The number of nitrogens with one attached hydrogen (secondary N) is 1. The Kier molecular flexibility index (Phi) is 5.54. The van der Waals surface area contributed by atoms with Gasteiger partial charge in [0.25, 0.3) is 0 Å². The second-order valence-electron chi connectivity index (χ2n) is 5.37. The molecule has 1 atom stereocenters. The van der Waals surface area contributed by atoms with Crippen LogP contribution in [0, 0.1) is 15.9 Å². The van der Waals surface area contributed by atoms with E-state index in [-0.39, 0.29) is 27.6 Å². The summed E-state index contributed by atoms with van der Waals surface area (Å²) in [6.45, 7) is 1.57. The van der Waals surface area contributed by atoms with E-state index < -0.39 is 22.7 Å². The molecule has 28 heavy (non-hydrogen) atoms. The molecule has 3 aromatic rings. The van der Waals surface area contributed by atoms with Crippen LogP contribution in [0.25, 0.3) is 0 Å². The van der Waals surface area contributed by atoms with Crippen molar-refractivity contribution in [3.05, 3.63) is 62.2 Å². The fourth-order valence-electron chi connectivity index (χ4n) is 2.04. The molecular formula is C15H12BrFN6O5. The highest BCUT2D eigenvalue weighted by atomic mass is 79.9. The number of furan rings is 1. The summed E-state index contributed by atoms with van der Waals surface area (Å²) in [5.41, 5.74) is 6.19. The SMILES string of the molecule is CC(O/N=C(\Nc1ccc(F)c(Br)c1)c1nonc1N)c1ccc([N+](=O)[O-])o1. The highest BCUT2D eigenvalue weighted by Gasteiger charge is 2.20. The number of nitro groups is 1. The summed E-state index contributed by atoms with van der Waals surface area (Å²) in [4.78, 5) is 15.4. The van der Waals surface area contributed by atoms with Gasteiger partial charge >= 0.3 is 5.88 Å². The minimum atomic E-state index is -0.772. The summed E-state index contributed by atoms with van der Waals surface area (Å²) in [5, 5.41) is 24.6. The molecule has 146 valence electrons. The molecule has 3 rings (SSSR count). The Morgan fingerprint density at radius 2 is 2.21 bits per heavy atom. The van der Waals surface area contributed by atoms with E-state index in [0.717, 1.165) is 0 Å². The van der Waals surface area contributed by atoms with Gasteiger partial charge in [0.05, 0.1) is 10.5 Å². The van der Waals surface area contributed by atoms with Crippen molar-refractivity contribution in [3.8, 4) is 0 Å². The number of rotatable bonds is 6. The van der Waals surface area contributed by atoms with Crippen molar-refractivity contribution < 1.29 is 23.2 Å². The minimum absolute atomic E-state index is 0.0187. The molecule has 0 saturated carbocycles. The summed E-state index contributed by atoms with van der Waals surface area (Å²) in [7, 11) is 0. The van der Waals surface area contributed by atoms with E-state index in [9.17, 15) is 14.5 Å². The number of hydrogen-bond donors (Lipinski definition) is 2. The quantitative estimate of drug-likeness (QED) is 0.245. The molecule has 1 aromatic carbocycles. The maximum Gasteiger partial charge on any atom is 0.433 e. The fraction of sp³-hybridized carbons (Fsp3) is 0.133. The lowest BCUT2D eigenvalue weighted by molar-refractivity contribution is -0.402. The molecule has 0 saturated heterocycles. The summed E-state index contributed by atoms with van der Waals surface area (Å²) in [6, 6.07) is 6.76. The van der Waals surface area contributed by atoms with Crippen LogP contribution in [0.1, 0.15) is 24.5 Å². The number of hydrogen-bond acceptors (Lipinski definition) is 9. The van der Waals surface area contributed by atoms with Crippen molar-refractivity contribution in [1.82, 2.24) is 10.3 Å². The smallest absolute Gasteiger partial charge is 0.402 e. The molecule has 0 aliphatic heterocycles. The van der Waals surface area contributed by atoms with Crippen molar-refractivity contribution in [2.24, 2.45) is 5.16 Å². The molecule has 0 radical (unpaired) electrons. The van der Waals surface area contributed by atoms with E-state index >= 15 is 0 Å². The van der Waals surface area contributed by atoms with Crippen molar-refractivity contribution in [1.29, 1.82) is 0 Å². The summed E-state index contributed by atoms with van der Waals surface area (Å²) < 4.78 is 23.3. The normalized spacial score (nSPS) is 12.6. The third-order valence-electron chi connectivity index (χ3n) is 3.42. The van der Waals surface area contributed by atoms with Gasteiger partial charge < -0.3 is 20.3 Å². The van der Waals surface area contributed by atoms with E-state index in [1.54, 1.807) is 6.92 Å². The molecule has 11 nitrogen and oxygen atoms in total. The number of nitrogen functional groups attached to an aromatic ring is 1. The highest BCUT2D eigenvalue weighted by molar-refractivity contribution is 9.10. The molecule has 0 aliphatic rings. The van der Waals surface area contributed by atoms with E-state index in [0.29, 0.717) is 5.69 Å². The van der Waals surface area contributed by atoms with Crippen LogP contribution >= 0.6 is 15.9 Å². The van der Waals surface area contributed by atoms with Crippen LogP contribution < -0.4 is 11.1 Å². The van der Waals surface area contributed by atoms with Gasteiger partial charge in [0, 0.05) is 5.69 Å². The first-order valence-corrected chi connectivity index (χ1v) is 8.43. The van der Waals surface area contributed by atoms with Crippen molar-refractivity contribution in [2.45, 2.75) is 13.0 Å². The third-order valence-corrected chi connectivity index (χ3v) is 4.02. The number of anilines is 2. The van der Waals surface area contributed by atoms with Gasteiger partial charge in [-0.05, 0) is 57.4 Å². The van der Waals surface area contributed by atoms with Gasteiger partial charge in [-0.2, -0.15) is 0 Å². The largest absolute Gasteiger partial charge is 0.433 e. The number of nitrogens with zero attached hydrogens (tertiary/aromatic N) is 4. The van der Waals surface area contributed by atoms with Gasteiger partial charge in [-0.25, -0.2) is 9.02 Å². The fourth-order valence-corrected chi connectivity index (χ4v) is 2.42. The Balaban J connectivity index is 1.84. The third kappa shape index (κ3) is 4.25. The lowest BCUT2D eigenvalue weighted by Gasteiger charge is -2.11. The molecule has 0 aliphatic carbocycles. The molecular weight excluding hydrogens is 443 g/mol. The first kappa shape index (κ1) is 19.3. The van der Waals surface area contributed by atoms with Gasteiger partial charge in [-0.1, -0.05) is 5.16 Å². The topological polar surface area (TPSA) is 155 Å². The second kappa shape index (κ2) is 8.04. The molecule has 13 heteroatoms. The average Bonchev–Trinajstić information content (AvgIpc) is 3.31. The standard InChI is InChI=1S/C15H12BrFN6O5/c1-7(11-4-5-12(26-11)23(24)25)27-22-15(13-14(18)21-28-20-13)19-8-2-3-10(17)9(16)6-8/h2-7H,1H3,(H2,18,21)(H,19,22). The van der Waals surface area contributed by atoms with E-state index in [2.05, 4.69) is 41.3 Å². The Morgan fingerprint density at radius 3 is 2.82 bits per heavy atom. The van der Waals surface area contributed by atoms with Gasteiger partial charge in [0.1, 0.15) is 10.7 Å². The number of amidine groups is 1. The van der Waals surface area contributed by atoms with Gasteiger partial charge in [-0.3, -0.25) is 10.1 Å². The van der Waals surface area contributed by atoms with Gasteiger partial charge in [0.2, 0.25) is 5.84 Å². The van der Waals surface area contributed by atoms with E-state index in [1.807, 2.05) is 0 Å². The summed E-state index contributed by atoms with van der Waals surface area (Å²) >= 11 is 3.08. The maximum absolute atomic E-state index is 13.4. The zero-order chi connectivity index (χ0) is 20.3. The second-order valence-corrected chi connectivity index (χ2v) is 6.23. The van der Waals surface area contributed by atoms with Crippen LogP contribution in [0.5, 0.6) is 0 Å². The zero-order valence-electron chi connectivity index (χ0n) is 14.1. The lowest BCUT2D eigenvalue weighted by atomic mass is 10.3. The van der Waals surface area contributed by atoms with Crippen LogP contribution in [0.4, 0.5) is 21.8 Å². The van der Waals surface area contributed by atoms with E-state index in [4.69, 9.17) is 15.0 Å². The molecule has 1 unspecified atom stereocenters. The number of nitrogens with two attached hydrogens (primary N) is 1. The first-order chi connectivity index (χ1) is 13.3. The predicted molar refractivity (Wildman–Crippen MR) is 97.8 cm³/mol. The molecule has 3 N–H and O–H groups in total. The number of aromatic nitrogens is 2.